The molecule has 2 aromatic carbocycles. The average molecular weight is 516 g/mol. The second-order valence-corrected chi connectivity index (χ2v) is 9.88. The van der Waals surface area contributed by atoms with Gasteiger partial charge in [0.25, 0.3) is 5.56 Å². The summed E-state index contributed by atoms with van der Waals surface area (Å²) in [5.74, 6) is 0.635. The standard InChI is InChI=1S/C29H21N7OS/c1-17(35-27-25-28(33-15-32-27)38-16-34-25)23-13-18-6-5-9-22(20-12-19-10-11-30-26(19)31-14-20)24(18)29(37)36(23)21-7-3-2-4-8-21/h2-17H,1H3,(H,30,31)(H,32,33,35)/t17-/m0/s1. The van der Waals surface area contributed by atoms with Crippen LogP contribution in [0.4, 0.5) is 5.82 Å². The zero-order valence-corrected chi connectivity index (χ0v) is 21.1. The fourth-order valence-corrected chi connectivity index (χ4v) is 5.58. The van der Waals surface area contributed by atoms with Gasteiger partial charge < -0.3 is 10.3 Å². The van der Waals surface area contributed by atoms with Gasteiger partial charge in [-0.25, -0.2) is 19.9 Å². The number of aromatic amines is 1. The maximum absolute atomic E-state index is 14.4. The van der Waals surface area contributed by atoms with Crippen LogP contribution in [-0.2, 0) is 0 Å². The number of nitrogens with one attached hydrogen (secondary N) is 2. The van der Waals surface area contributed by atoms with Crippen molar-refractivity contribution in [2.45, 2.75) is 13.0 Å². The minimum atomic E-state index is -0.256. The number of anilines is 1. The summed E-state index contributed by atoms with van der Waals surface area (Å²) in [6, 6.07) is 21.5. The van der Waals surface area contributed by atoms with Crippen molar-refractivity contribution in [1.82, 2.24) is 29.5 Å². The molecule has 0 bridgehead atoms. The van der Waals surface area contributed by atoms with Crippen LogP contribution in [0.1, 0.15) is 18.7 Å². The van der Waals surface area contributed by atoms with Crippen LogP contribution in [0.5, 0.6) is 0 Å². The van der Waals surface area contributed by atoms with Crippen molar-refractivity contribution in [1.29, 1.82) is 0 Å². The van der Waals surface area contributed by atoms with Crippen LogP contribution >= 0.6 is 11.3 Å². The number of benzene rings is 2. The molecule has 0 saturated heterocycles. The van der Waals surface area contributed by atoms with E-state index in [1.54, 1.807) is 10.1 Å². The summed E-state index contributed by atoms with van der Waals surface area (Å²) < 4.78 is 1.78. The summed E-state index contributed by atoms with van der Waals surface area (Å²) in [4.78, 5) is 36.0. The zero-order chi connectivity index (χ0) is 25.6. The number of thiazole rings is 1. The van der Waals surface area contributed by atoms with E-state index >= 15 is 0 Å². The Morgan fingerprint density at radius 2 is 1.84 bits per heavy atom. The number of hydrogen-bond acceptors (Lipinski definition) is 7. The molecule has 0 radical (unpaired) electrons. The van der Waals surface area contributed by atoms with Crippen LogP contribution in [0.25, 0.3) is 49.0 Å². The van der Waals surface area contributed by atoms with Gasteiger partial charge in [-0.15, -0.1) is 11.3 Å². The molecule has 184 valence electrons. The molecule has 0 fully saturated rings. The van der Waals surface area contributed by atoms with Crippen molar-refractivity contribution in [2.24, 2.45) is 0 Å². The molecule has 5 aromatic heterocycles. The predicted octanol–water partition coefficient (Wildman–Crippen LogP) is 6.11. The van der Waals surface area contributed by atoms with Gasteiger partial charge in [-0.05, 0) is 48.2 Å². The quantitative estimate of drug-likeness (QED) is 0.287. The van der Waals surface area contributed by atoms with E-state index in [0.717, 1.165) is 43.8 Å². The predicted molar refractivity (Wildman–Crippen MR) is 152 cm³/mol. The number of nitrogens with zero attached hydrogens (tertiary/aromatic N) is 5. The lowest BCUT2D eigenvalue weighted by atomic mass is 9.98. The van der Waals surface area contributed by atoms with E-state index in [0.29, 0.717) is 16.7 Å². The Hall–Kier alpha value is -4.89. The first kappa shape index (κ1) is 22.3. The topological polar surface area (TPSA) is 101 Å². The highest BCUT2D eigenvalue weighted by Crippen LogP contribution is 2.31. The zero-order valence-electron chi connectivity index (χ0n) is 20.3. The Labute approximate surface area is 220 Å². The van der Waals surface area contributed by atoms with Crippen LogP contribution < -0.4 is 10.9 Å². The molecule has 0 aliphatic rings. The van der Waals surface area contributed by atoms with Crippen molar-refractivity contribution >= 4 is 49.3 Å². The van der Waals surface area contributed by atoms with Crippen molar-refractivity contribution in [3.63, 3.8) is 0 Å². The van der Waals surface area contributed by atoms with Crippen molar-refractivity contribution in [3.8, 4) is 16.8 Å². The molecule has 0 amide bonds. The number of aromatic nitrogens is 6. The van der Waals surface area contributed by atoms with Crippen LogP contribution in [0.3, 0.4) is 0 Å². The summed E-state index contributed by atoms with van der Waals surface area (Å²) in [5, 5.41) is 5.97. The Kier molecular flexibility index (Phi) is 5.22. The smallest absolute Gasteiger partial charge is 0.263 e. The number of rotatable bonds is 5. The molecule has 8 nitrogen and oxygen atoms in total. The second kappa shape index (κ2) is 8.89. The molecule has 0 aliphatic heterocycles. The lowest BCUT2D eigenvalue weighted by molar-refractivity contribution is 0.774. The molecule has 7 aromatic rings. The first-order valence-electron chi connectivity index (χ1n) is 12.2. The second-order valence-electron chi connectivity index (χ2n) is 9.05. The van der Waals surface area contributed by atoms with Crippen molar-refractivity contribution in [2.75, 3.05) is 5.32 Å². The lowest BCUT2D eigenvalue weighted by Crippen LogP contribution is -2.26. The molecule has 5 heterocycles. The van der Waals surface area contributed by atoms with Gasteiger partial charge in [-0.1, -0.05) is 36.4 Å². The SMILES string of the molecule is C[C@H](Nc1ncnc2scnc12)c1cc2cccc(-c3cnc4[nH]ccc4c3)c2c(=O)n1-c1ccccc1. The summed E-state index contributed by atoms with van der Waals surface area (Å²) in [6.07, 6.45) is 5.21. The van der Waals surface area contributed by atoms with Crippen LogP contribution in [0.2, 0.25) is 0 Å². The molecule has 2 N–H and O–H groups in total. The van der Waals surface area contributed by atoms with E-state index in [1.807, 2.05) is 73.9 Å². The Bertz CT molecular complexity index is 2010. The summed E-state index contributed by atoms with van der Waals surface area (Å²) in [7, 11) is 0. The number of pyridine rings is 2. The summed E-state index contributed by atoms with van der Waals surface area (Å²) in [5.41, 5.74) is 6.54. The third-order valence-corrected chi connectivity index (χ3v) is 7.47. The molecule has 0 saturated carbocycles. The average Bonchev–Trinajstić information content (AvgIpc) is 3.63. The van der Waals surface area contributed by atoms with Crippen LogP contribution in [0.15, 0.2) is 95.8 Å². The molecule has 0 unspecified atom stereocenters. The molecular formula is C29H21N7OS. The number of hydrogen-bond donors (Lipinski definition) is 2. The van der Waals surface area contributed by atoms with Gasteiger partial charge in [0.2, 0.25) is 0 Å². The van der Waals surface area contributed by atoms with E-state index < -0.39 is 0 Å². The third-order valence-electron chi connectivity index (χ3n) is 6.73. The van der Waals surface area contributed by atoms with E-state index in [-0.39, 0.29) is 11.6 Å². The van der Waals surface area contributed by atoms with Crippen molar-refractivity contribution in [3.05, 3.63) is 107 Å². The van der Waals surface area contributed by atoms with Gasteiger partial charge in [0.15, 0.2) is 5.82 Å². The molecule has 7 rings (SSSR count). The minimum Gasteiger partial charge on any atom is -0.360 e. The van der Waals surface area contributed by atoms with Gasteiger partial charge in [-0.3, -0.25) is 9.36 Å². The van der Waals surface area contributed by atoms with Gasteiger partial charge in [0, 0.05) is 34.7 Å². The van der Waals surface area contributed by atoms with Gasteiger partial charge in [0.1, 0.15) is 22.3 Å². The highest BCUT2D eigenvalue weighted by atomic mass is 32.1. The highest BCUT2D eigenvalue weighted by molar-refractivity contribution is 7.16. The maximum atomic E-state index is 14.4. The van der Waals surface area contributed by atoms with Crippen LogP contribution in [-0.4, -0.2) is 29.5 Å². The number of H-pyrrole nitrogens is 1. The molecule has 0 spiro atoms. The minimum absolute atomic E-state index is 0.0939. The third kappa shape index (κ3) is 3.63. The molecule has 0 aliphatic carbocycles. The Morgan fingerprint density at radius 3 is 2.74 bits per heavy atom. The summed E-state index contributed by atoms with van der Waals surface area (Å²) in [6.45, 7) is 2.02. The monoisotopic (exact) mass is 515 g/mol. The van der Waals surface area contributed by atoms with Crippen LogP contribution in [0, 0.1) is 0 Å². The first-order chi connectivity index (χ1) is 18.7. The Morgan fingerprint density at radius 1 is 0.947 bits per heavy atom. The normalized spacial score (nSPS) is 12.3. The fourth-order valence-electron chi connectivity index (χ4n) is 4.95. The maximum Gasteiger partial charge on any atom is 0.263 e. The first-order valence-corrected chi connectivity index (χ1v) is 13.0. The Balaban J connectivity index is 1.44. The van der Waals surface area contributed by atoms with E-state index in [9.17, 15) is 4.79 Å². The number of fused-ring (bicyclic) bond motifs is 3. The van der Waals surface area contributed by atoms with Crippen molar-refractivity contribution < 1.29 is 0 Å². The molecule has 1 atom stereocenters. The van der Waals surface area contributed by atoms with E-state index in [4.69, 9.17) is 0 Å². The highest BCUT2D eigenvalue weighted by Gasteiger charge is 2.20. The van der Waals surface area contributed by atoms with Gasteiger partial charge in [0.05, 0.1) is 16.9 Å². The van der Waals surface area contributed by atoms with Gasteiger partial charge >= 0.3 is 0 Å². The molecular weight excluding hydrogens is 494 g/mol. The van der Waals surface area contributed by atoms with Gasteiger partial charge in [-0.2, -0.15) is 0 Å². The molecule has 9 heteroatoms. The fraction of sp³-hybridized carbons (Fsp3) is 0.0690. The van der Waals surface area contributed by atoms with E-state index in [1.165, 1.54) is 17.7 Å². The lowest BCUT2D eigenvalue weighted by Gasteiger charge is -2.22. The summed E-state index contributed by atoms with van der Waals surface area (Å²) >= 11 is 1.46. The van der Waals surface area contributed by atoms with E-state index in [2.05, 4.69) is 42.4 Å². The number of para-hydroxylation sites is 1. The molecule has 38 heavy (non-hydrogen) atoms. The largest absolute Gasteiger partial charge is 0.360 e.